The van der Waals surface area contributed by atoms with E-state index in [4.69, 9.17) is 0 Å². The van der Waals surface area contributed by atoms with Crippen LogP contribution in [0.25, 0.3) is 5.57 Å². The highest BCUT2D eigenvalue weighted by molar-refractivity contribution is 5.87. The summed E-state index contributed by atoms with van der Waals surface area (Å²) in [5.74, 6) is 0. The van der Waals surface area contributed by atoms with E-state index in [1.165, 1.54) is 22.3 Å². The minimum atomic E-state index is 0.118. The molecule has 19 heavy (non-hydrogen) atoms. The van der Waals surface area contributed by atoms with Gasteiger partial charge in [0.15, 0.2) is 0 Å². The zero-order valence-electron chi connectivity index (χ0n) is 13.0. The van der Waals surface area contributed by atoms with Crippen LogP contribution in [0.2, 0.25) is 0 Å². The molecular formula is C19H26. The number of hydrogen-bond acceptors (Lipinski definition) is 0. The Morgan fingerprint density at radius 1 is 1.21 bits per heavy atom. The fourth-order valence-corrected chi connectivity index (χ4v) is 2.85. The first-order chi connectivity index (χ1) is 9.19. The molecule has 0 heteroatoms. The van der Waals surface area contributed by atoms with Gasteiger partial charge in [0, 0.05) is 5.41 Å². The van der Waals surface area contributed by atoms with Crippen LogP contribution >= 0.6 is 0 Å². The maximum atomic E-state index is 4.01. The van der Waals surface area contributed by atoms with Gasteiger partial charge in [-0.2, -0.15) is 0 Å². The second kappa shape index (κ2) is 6.56. The van der Waals surface area contributed by atoms with E-state index in [1.54, 1.807) is 0 Å². The van der Waals surface area contributed by atoms with E-state index >= 15 is 0 Å². The lowest BCUT2D eigenvalue weighted by Crippen LogP contribution is -2.19. The van der Waals surface area contributed by atoms with Gasteiger partial charge in [0.25, 0.3) is 0 Å². The van der Waals surface area contributed by atoms with Crippen LogP contribution in [-0.2, 0) is 5.41 Å². The highest BCUT2D eigenvalue weighted by Gasteiger charge is 2.37. The summed E-state index contributed by atoms with van der Waals surface area (Å²) in [6.07, 6.45) is 7.44. The second-order valence-corrected chi connectivity index (χ2v) is 4.76. The monoisotopic (exact) mass is 254 g/mol. The summed E-state index contributed by atoms with van der Waals surface area (Å²) in [6, 6.07) is 8.71. The molecule has 1 aromatic rings. The van der Waals surface area contributed by atoms with Gasteiger partial charge >= 0.3 is 0 Å². The standard InChI is InChI=1S/C17H20.C2H6/c1-5-10-13-14-11-8-9-12-16(14)17(4,7-3)15(13)6-2;1-2/h5-6,8-12H,2,7H2,1,3-4H3;1-2H3/b10-5-;. The van der Waals surface area contributed by atoms with Crippen molar-refractivity contribution in [2.24, 2.45) is 0 Å². The minimum absolute atomic E-state index is 0.118. The van der Waals surface area contributed by atoms with Gasteiger partial charge in [0.2, 0.25) is 0 Å². The topological polar surface area (TPSA) is 0 Å². The van der Waals surface area contributed by atoms with Crippen molar-refractivity contribution in [2.75, 3.05) is 0 Å². The maximum absolute atomic E-state index is 4.01. The summed E-state index contributed by atoms with van der Waals surface area (Å²) in [5.41, 5.74) is 5.62. The SMILES string of the molecule is C=CC1=C(/C=C\C)c2ccccc2C1(C)CC.CC. The Hall–Kier alpha value is -1.56. The third-order valence-electron chi connectivity index (χ3n) is 3.94. The van der Waals surface area contributed by atoms with Gasteiger partial charge in [-0.25, -0.2) is 0 Å². The van der Waals surface area contributed by atoms with Gasteiger partial charge in [-0.15, -0.1) is 0 Å². The van der Waals surface area contributed by atoms with Crippen molar-refractivity contribution in [3.05, 3.63) is 65.8 Å². The molecule has 1 atom stereocenters. The largest absolute Gasteiger partial charge is 0.0987 e. The molecule has 1 aromatic carbocycles. The highest BCUT2D eigenvalue weighted by Crippen LogP contribution is 2.48. The Morgan fingerprint density at radius 3 is 2.37 bits per heavy atom. The normalized spacial score (nSPS) is 21.1. The van der Waals surface area contributed by atoms with Gasteiger partial charge in [-0.1, -0.05) is 76.8 Å². The number of allylic oxidation sites excluding steroid dienone is 5. The van der Waals surface area contributed by atoms with Gasteiger partial charge in [-0.3, -0.25) is 0 Å². The predicted octanol–water partition coefficient (Wildman–Crippen LogP) is 5.91. The van der Waals surface area contributed by atoms with E-state index in [1.807, 2.05) is 19.9 Å². The van der Waals surface area contributed by atoms with E-state index in [9.17, 15) is 0 Å². The molecule has 0 saturated carbocycles. The average molecular weight is 254 g/mol. The molecule has 0 heterocycles. The summed E-state index contributed by atoms with van der Waals surface area (Å²) < 4.78 is 0. The van der Waals surface area contributed by atoms with Crippen LogP contribution in [0.1, 0.15) is 52.2 Å². The molecule has 102 valence electrons. The van der Waals surface area contributed by atoms with E-state index in [-0.39, 0.29) is 5.41 Å². The number of hydrogen-bond donors (Lipinski definition) is 0. The van der Waals surface area contributed by atoms with Crippen molar-refractivity contribution in [2.45, 2.75) is 46.5 Å². The van der Waals surface area contributed by atoms with E-state index in [0.717, 1.165) is 6.42 Å². The molecule has 1 aliphatic carbocycles. The quantitative estimate of drug-likeness (QED) is 0.629. The predicted molar refractivity (Wildman–Crippen MR) is 87.4 cm³/mol. The molecule has 1 unspecified atom stereocenters. The van der Waals surface area contributed by atoms with Crippen molar-refractivity contribution >= 4 is 5.57 Å². The van der Waals surface area contributed by atoms with Crippen LogP contribution in [0.4, 0.5) is 0 Å². The highest BCUT2D eigenvalue weighted by atomic mass is 14.4. The van der Waals surface area contributed by atoms with Crippen molar-refractivity contribution in [3.8, 4) is 0 Å². The van der Waals surface area contributed by atoms with Crippen molar-refractivity contribution in [1.29, 1.82) is 0 Å². The van der Waals surface area contributed by atoms with Crippen LogP contribution in [0.5, 0.6) is 0 Å². The molecule has 0 N–H and O–H groups in total. The Kier molecular flexibility index (Phi) is 5.35. The van der Waals surface area contributed by atoms with Crippen LogP contribution < -0.4 is 0 Å². The fourth-order valence-electron chi connectivity index (χ4n) is 2.85. The Bertz CT molecular complexity index is 503. The van der Waals surface area contributed by atoms with Crippen LogP contribution in [-0.4, -0.2) is 0 Å². The molecule has 0 spiro atoms. The summed E-state index contributed by atoms with van der Waals surface area (Å²) >= 11 is 0. The molecule has 0 aliphatic heterocycles. The summed E-state index contributed by atoms with van der Waals surface area (Å²) in [6.45, 7) is 14.6. The molecule has 0 radical (unpaired) electrons. The van der Waals surface area contributed by atoms with Crippen molar-refractivity contribution in [1.82, 2.24) is 0 Å². The van der Waals surface area contributed by atoms with Crippen molar-refractivity contribution < 1.29 is 0 Å². The summed E-state index contributed by atoms with van der Waals surface area (Å²) in [4.78, 5) is 0. The first-order valence-electron chi connectivity index (χ1n) is 7.28. The van der Waals surface area contributed by atoms with E-state index in [2.05, 4.69) is 63.8 Å². The summed E-state index contributed by atoms with van der Waals surface area (Å²) in [7, 11) is 0. The van der Waals surface area contributed by atoms with E-state index < -0.39 is 0 Å². The molecule has 1 aliphatic rings. The lowest BCUT2D eigenvalue weighted by Gasteiger charge is -2.26. The molecule has 0 fully saturated rings. The molecule has 2 rings (SSSR count). The van der Waals surface area contributed by atoms with Crippen molar-refractivity contribution in [3.63, 3.8) is 0 Å². The Balaban J connectivity index is 0.000000861. The number of rotatable bonds is 3. The average Bonchev–Trinajstić information content (AvgIpc) is 2.72. The maximum Gasteiger partial charge on any atom is 0.0184 e. The molecule has 0 saturated heterocycles. The molecular weight excluding hydrogens is 228 g/mol. The number of fused-ring (bicyclic) bond motifs is 1. The summed E-state index contributed by atoms with van der Waals surface area (Å²) in [5, 5.41) is 0. The Morgan fingerprint density at radius 2 is 1.84 bits per heavy atom. The van der Waals surface area contributed by atoms with Gasteiger partial charge in [0.05, 0.1) is 0 Å². The second-order valence-electron chi connectivity index (χ2n) is 4.76. The molecule has 0 amide bonds. The smallest absolute Gasteiger partial charge is 0.0184 e. The lowest BCUT2D eigenvalue weighted by molar-refractivity contribution is 0.560. The van der Waals surface area contributed by atoms with Crippen LogP contribution in [0.3, 0.4) is 0 Å². The third-order valence-corrected chi connectivity index (χ3v) is 3.94. The van der Waals surface area contributed by atoms with Gasteiger partial charge in [-0.05, 0) is 35.6 Å². The fraction of sp³-hybridized carbons (Fsp3) is 0.368. The third kappa shape index (κ3) is 2.45. The number of benzene rings is 1. The first-order valence-corrected chi connectivity index (χ1v) is 7.28. The molecule has 0 bridgehead atoms. The van der Waals surface area contributed by atoms with Gasteiger partial charge in [0.1, 0.15) is 0 Å². The van der Waals surface area contributed by atoms with E-state index in [0.29, 0.717) is 0 Å². The zero-order valence-corrected chi connectivity index (χ0v) is 13.0. The molecule has 0 nitrogen and oxygen atoms in total. The zero-order chi connectivity index (χ0) is 14.5. The Labute approximate surface area is 118 Å². The lowest BCUT2D eigenvalue weighted by atomic mass is 9.77. The first kappa shape index (κ1) is 15.5. The minimum Gasteiger partial charge on any atom is -0.0987 e. The van der Waals surface area contributed by atoms with Gasteiger partial charge < -0.3 is 0 Å². The van der Waals surface area contributed by atoms with Crippen LogP contribution in [0, 0.1) is 0 Å². The van der Waals surface area contributed by atoms with Crippen LogP contribution in [0.15, 0.2) is 54.6 Å². The molecule has 0 aromatic heterocycles.